The standard InChI is InChI=1S/C16H20N2O3S/c1-3-21-16(20)13-9-14-12(8-11(2)22-14)18(13)10-15(19)17-6-4-5-7-17/h8-9H,3-7,10H2,1-2H3. The first-order valence-corrected chi connectivity index (χ1v) is 8.46. The van der Waals surface area contributed by atoms with Crippen LogP contribution in [0, 0.1) is 6.92 Å². The fourth-order valence-electron chi connectivity index (χ4n) is 2.91. The Morgan fingerprint density at radius 2 is 2.00 bits per heavy atom. The van der Waals surface area contributed by atoms with Gasteiger partial charge in [0.05, 0.1) is 16.8 Å². The number of ether oxygens (including phenoxy) is 1. The van der Waals surface area contributed by atoms with Crippen LogP contribution in [0.5, 0.6) is 0 Å². The van der Waals surface area contributed by atoms with Crippen LogP contribution in [0.25, 0.3) is 10.2 Å². The number of likely N-dealkylation sites (tertiary alicyclic amines) is 1. The molecule has 3 rings (SSSR count). The van der Waals surface area contributed by atoms with Gasteiger partial charge in [0.15, 0.2) is 0 Å². The maximum absolute atomic E-state index is 12.5. The third kappa shape index (κ3) is 2.75. The van der Waals surface area contributed by atoms with Gasteiger partial charge in [-0.2, -0.15) is 0 Å². The summed E-state index contributed by atoms with van der Waals surface area (Å²) in [4.78, 5) is 27.7. The van der Waals surface area contributed by atoms with Gasteiger partial charge in [-0.15, -0.1) is 11.3 Å². The Kier molecular flexibility index (Phi) is 4.20. The molecule has 6 heteroatoms. The summed E-state index contributed by atoms with van der Waals surface area (Å²) in [5.74, 6) is -0.290. The highest BCUT2D eigenvalue weighted by Crippen LogP contribution is 2.29. The monoisotopic (exact) mass is 320 g/mol. The van der Waals surface area contributed by atoms with Gasteiger partial charge in [0.2, 0.25) is 5.91 Å². The van der Waals surface area contributed by atoms with E-state index in [0.29, 0.717) is 12.3 Å². The predicted molar refractivity (Wildman–Crippen MR) is 86.3 cm³/mol. The van der Waals surface area contributed by atoms with E-state index in [2.05, 4.69) is 0 Å². The van der Waals surface area contributed by atoms with Crippen molar-refractivity contribution in [1.82, 2.24) is 9.47 Å². The predicted octanol–water partition coefficient (Wildman–Crippen LogP) is 2.81. The smallest absolute Gasteiger partial charge is 0.355 e. The van der Waals surface area contributed by atoms with Crippen LogP contribution in [-0.4, -0.2) is 41.0 Å². The molecule has 3 heterocycles. The summed E-state index contributed by atoms with van der Waals surface area (Å²) in [6.07, 6.45) is 2.13. The molecule has 0 aliphatic carbocycles. The van der Waals surface area contributed by atoms with E-state index < -0.39 is 0 Å². The van der Waals surface area contributed by atoms with E-state index in [-0.39, 0.29) is 18.4 Å². The maximum Gasteiger partial charge on any atom is 0.355 e. The Bertz CT molecular complexity index is 710. The van der Waals surface area contributed by atoms with Crippen LogP contribution in [0.15, 0.2) is 12.1 Å². The quantitative estimate of drug-likeness (QED) is 0.814. The zero-order chi connectivity index (χ0) is 15.7. The highest BCUT2D eigenvalue weighted by Gasteiger charge is 2.23. The lowest BCUT2D eigenvalue weighted by atomic mass is 10.4. The highest BCUT2D eigenvalue weighted by molar-refractivity contribution is 7.19. The molecule has 1 aliphatic heterocycles. The lowest BCUT2D eigenvalue weighted by Gasteiger charge is -2.17. The van der Waals surface area contributed by atoms with Gasteiger partial charge in [0.25, 0.3) is 0 Å². The van der Waals surface area contributed by atoms with Gasteiger partial charge in [0, 0.05) is 18.0 Å². The summed E-state index contributed by atoms with van der Waals surface area (Å²) in [5.41, 5.74) is 1.41. The maximum atomic E-state index is 12.5. The van der Waals surface area contributed by atoms with Crippen LogP contribution >= 0.6 is 11.3 Å². The zero-order valence-electron chi connectivity index (χ0n) is 12.9. The number of rotatable bonds is 4. The molecule has 0 aromatic carbocycles. The summed E-state index contributed by atoms with van der Waals surface area (Å²) in [6.45, 7) is 5.99. The molecular weight excluding hydrogens is 300 g/mol. The minimum atomic E-state index is -0.363. The first-order valence-electron chi connectivity index (χ1n) is 7.64. The van der Waals surface area contributed by atoms with Crippen molar-refractivity contribution in [2.45, 2.75) is 33.2 Å². The number of hydrogen-bond acceptors (Lipinski definition) is 4. The Hall–Kier alpha value is -1.82. The second-order valence-electron chi connectivity index (χ2n) is 5.53. The van der Waals surface area contributed by atoms with E-state index >= 15 is 0 Å². The Labute approximate surface area is 133 Å². The molecule has 5 nitrogen and oxygen atoms in total. The van der Waals surface area contributed by atoms with Gasteiger partial charge in [0.1, 0.15) is 12.2 Å². The molecule has 1 amide bonds. The Balaban J connectivity index is 1.95. The van der Waals surface area contributed by atoms with E-state index in [1.54, 1.807) is 22.8 Å². The topological polar surface area (TPSA) is 51.5 Å². The third-order valence-electron chi connectivity index (χ3n) is 3.95. The first-order chi connectivity index (χ1) is 10.6. The van der Waals surface area contributed by atoms with E-state index in [0.717, 1.165) is 36.1 Å². The number of aromatic nitrogens is 1. The van der Waals surface area contributed by atoms with Gasteiger partial charge < -0.3 is 14.2 Å². The average molecular weight is 320 g/mol. The van der Waals surface area contributed by atoms with Crippen LogP contribution in [0.3, 0.4) is 0 Å². The highest BCUT2D eigenvalue weighted by atomic mass is 32.1. The van der Waals surface area contributed by atoms with Gasteiger partial charge in [-0.3, -0.25) is 4.79 Å². The van der Waals surface area contributed by atoms with Gasteiger partial charge in [-0.1, -0.05) is 0 Å². The SMILES string of the molecule is CCOC(=O)c1cc2sc(C)cc2n1CC(=O)N1CCCC1. The van der Waals surface area contributed by atoms with Crippen molar-refractivity contribution in [3.05, 3.63) is 22.7 Å². The number of aryl methyl sites for hydroxylation is 1. The first kappa shape index (κ1) is 15.1. The molecule has 22 heavy (non-hydrogen) atoms. The molecule has 0 radical (unpaired) electrons. The number of carbonyl (C=O) groups is 2. The zero-order valence-corrected chi connectivity index (χ0v) is 13.7. The molecule has 0 N–H and O–H groups in total. The molecule has 0 unspecified atom stereocenters. The molecule has 0 bridgehead atoms. The van der Waals surface area contributed by atoms with Crippen LogP contribution in [0.2, 0.25) is 0 Å². The van der Waals surface area contributed by atoms with Crippen LogP contribution in [0.1, 0.15) is 35.1 Å². The molecule has 118 valence electrons. The number of esters is 1. The van der Waals surface area contributed by atoms with Crippen molar-refractivity contribution in [3.63, 3.8) is 0 Å². The van der Waals surface area contributed by atoms with Crippen LogP contribution in [0.4, 0.5) is 0 Å². The Morgan fingerprint density at radius 3 is 2.68 bits per heavy atom. The minimum Gasteiger partial charge on any atom is -0.461 e. The van der Waals surface area contributed by atoms with Crippen molar-refractivity contribution in [3.8, 4) is 0 Å². The lowest BCUT2D eigenvalue weighted by Crippen LogP contribution is -2.31. The minimum absolute atomic E-state index is 0.0735. The molecule has 0 saturated carbocycles. The number of hydrogen-bond donors (Lipinski definition) is 0. The molecular formula is C16H20N2O3S. The van der Waals surface area contributed by atoms with E-state index in [9.17, 15) is 9.59 Å². The normalized spacial score (nSPS) is 14.7. The number of thiophene rings is 1. The van der Waals surface area contributed by atoms with Crippen molar-refractivity contribution in [1.29, 1.82) is 0 Å². The molecule has 1 aliphatic rings. The number of fused-ring (bicyclic) bond motifs is 1. The number of nitrogens with zero attached hydrogens (tertiary/aromatic N) is 2. The summed E-state index contributed by atoms with van der Waals surface area (Å²) >= 11 is 1.63. The van der Waals surface area contributed by atoms with Crippen LogP contribution in [-0.2, 0) is 16.1 Å². The third-order valence-corrected chi connectivity index (χ3v) is 4.94. The number of carbonyl (C=O) groups excluding carboxylic acids is 2. The van der Waals surface area contributed by atoms with Gasteiger partial charge in [-0.25, -0.2) is 4.79 Å². The molecule has 0 spiro atoms. The lowest BCUT2D eigenvalue weighted by molar-refractivity contribution is -0.130. The van der Waals surface area contributed by atoms with Crippen molar-refractivity contribution < 1.29 is 14.3 Å². The second-order valence-corrected chi connectivity index (χ2v) is 6.82. The average Bonchev–Trinajstić information content (AvgIpc) is 3.16. The van der Waals surface area contributed by atoms with Crippen molar-refractivity contribution in [2.24, 2.45) is 0 Å². The number of amides is 1. The van der Waals surface area contributed by atoms with Crippen molar-refractivity contribution in [2.75, 3.05) is 19.7 Å². The molecule has 1 fully saturated rings. The molecule has 0 atom stereocenters. The van der Waals surface area contributed by atoms with E-state index in [1.807, 2.05) is 24.0 Å². The van der Waals surface area contributed by atoms with Crippen LogP contribution < -0.4 is 0 Å². The molecule has 2 aromatic rings. The fourth-order valence-corrected chi connectivity index (χ4v) is 3.87. The second kappa shape index (κ2) is 6.12. The van der Waals surface area contributed by atoms with E-state index in [4.69, 9.17) is 4.74 Å². The Morgan fingerprint density at radius 1 is 1.27 bits per heavy atom. The molecule has 1 saturated heterocycles. The summed E-state index contributed by atoms with van der Waals surface area (Å²) in [5, 5.41) is 0. The van der Waals surface area contributed by atoms with Gasteiger partial charge >= 0.3 is 5.97 Å². The molecule has 2 aromatic heterocycles. The summed E-state index contributed by atoms with van der Waals surface area (Å²) < 4.78 is 7.95. The van der Waals surface area contributed by atoms with Crippen molar-refractivity contribution >= 4 is 33.4 Å². The fraction of sp³-hybridized carbons (Fsp3) is 0.500. The summed E-state index contributed by atoms with van der Waals surface area (Å²) in [6, 6.07) is 3.86. The van der Waals surface area contributed by atoms with Gasteiger partial charge in [-0.05, 0) is 38.8 Å². The largest absolute Gasteiger partial charge is 0.461 e. The van der Waals surface area contributed by atoms with E-state index in [1.165, 1.54) is 4.88 Å². The summed E-state index contributed by atoms with van der Waals surface area (Å²) in [7, 11) is 0.